The van der Waals surface area contributed by atoms with Gasteiger partial charge in [0, 0.05) is 63.1 Å². The van der Waals surface area contributed by atoms with Gasteiger partial charge in [-0.2, -0.15) is 0 Å². The topological polar surface area (TPSA) is 55.8 Å². The molecule has 4 unspecified atom stereocenters. The Hall–Kier alpha value is -0.345. The predicted molar refractivity (Wildman–Crippen MR) is 123 cm³/mol. The molecule has 30 heavy (non-hydrogen) atoms. The van der Waals surface area contributed by atoms with Gasteiger partial charge in [0.15, 0.2) is 0 Å². The first kappa shape index (κ1) is 22.8. The summed E-state index contributed by atoms with van der Waals surface area (Å²) in [5, 5.41) is 0. The molecular formula is C22H35BIN2O4+. The summed E-state index contributed by atoms with van der Waals surface area (Å²) in [4.78, 5) is 24.6. The minimum Gasteiger partial charge on any atom is -0.462 e. The largest absolute Gasteiger partial charge is 0.481 e. The van der Waals surface area contributed by atoms with Gasteiger partial charge >= 0.3 is 19.9 Å². The Kier molecular flexibility index (Phi) is 6.50. The van der Waals surface area contributed by atoms with Gasteiger partial charge in [-0.15, -0.1) is 24.0 Å². The van der Waals surface area contributed by atoms with Crippen molar-refractivity contribution in [2.24, 2.45) is 35.5 Å². The maximum atomic E-state index is 11.1. The van der Waals surface area contributed by atoms with Gasteiger partial charge in [-0.25, -0.2) is 0 Å². The zero-order valence-electron chi connectivity index (χ0n) is 18.2. The van der Waals surface area contributed by atoms with Gasteiger partial charge in [0.05, 0.1) is 19.6 Å². The van der Waals surface area contributed by atoms with E-state index in [2.05, 4.69) is 4.90 Å². The Labute approximate surface area is 198 Å². The number of hydrogen-bond acceptors (Lipinski definition) is 5. The Bertz CT molecular complexity index is 648. The Morgan fingerprint density at radius 1 is 0.767 bits per heavy atom. The predicted octanol–water partition coefficient (Wildman–Crippen LogP) is 2.00. The van der Waals surface area contributed by atoms with Crippen LogP contribution < -0.4 is 0 Å². The fourth-order valence-corrected chi connectivity index (χ4v) is 7.92. The second-order valence-corrected chi connectivity index (χ2v) is 10.8. The molecule has 2 aliphatic carbocycles. The first-order chi connectivity index (χ1) is 13.8. The summed E-state index contributed by atoms with van der Waals surface area (Å²) in [6.07, 6.45) is 5.39. The average molecular weight is 529 g/mol. The second kappa shape index (κ2) is 8.54. The monoisotopic (exact) mass is 529 g/mol. The van der Waals surface area contributed by atoms with Crippen molar-refractivity contribution >= 4 is 43.9 Å². The molecule has 4 atom stereocenters. The highest BCUT2D eigenvalue weighted by Gasteiger charge is 2.55. The van der Waals surface area contributed by atoms with Crippen molar-refractivity contribution in [3.05, 3.63) is 0 Å². The van der Waals surface area contributed by atoms with Gasteiger partial charge < -0.3 is 18.8 Å². The van der Waals surface area contributed by atoms with Crippen LogP contribution in [0.3, 0.4) is 0 Å². The molecule has 6 heterocycles. The summed E-state index contributed by atoms with van der Waals surface area (Å²) in [6, 6.07) is 0. The van der Waals surface area contributed by atoms with Gasteiger partial charge in [-0.1, -0.05) is 0 Å². The molecule has 8 rings (SSSR count). The van der Waals surface area contributed by atoms with Crippen molar-refractivity contribution in [3.63, 3.8) is 0 Å². The summed E-state index contributed by atoms with van der Waals surface area (Å²) in [6.45, 7) is 9.80. The van der Waals surface area contributed by atoms with Crippen LogP contribution >= 0.6 is 24.0 Å². The number of quaternary nitrogens is 1. The third kappa shape index (κ3) is 4.42. The summed E-state index contributed by atoms with van der Waals surface area (Å²) < 4.78 is 11.7. The zero-order chi connectivity index (χ0) is 20.3. The molecule has 0 N–H and O–H groups in total. The van der Waals surface area contributed by atoms with Crippen molar-refractivity contribution in [2.75, 3.05) is 39.3 Å². The quantitative estimate of drug-likeness (QED) is 0.312. The van der Waals surface area contributed by atoms with E-state index in [0.29, 0.717) is 23.7 Å². The van der Waals surface area contributed by atoms with Crippen LogP contribution in [-0.4, -0.2) is 80.7 Å². The lowest BCUT2D eigenvalue weighted by Gasteiger charge is -2.59. The first-order valence-corrected chi connectivity index (χ1v) is 11.5. The molecule has 166 valence electrons. The van der Waals surface area contributed by atoms with E-state index >= 15 is 0 Å². The number of nitrogens with zero attached hydrogens (tertiary/aromatic N) is 2. The van der Waals surface area contributed by atoms with Gasteiger partial charge in [0.2, 0.25) is 0 Å². The standard InChI is InChI=1S/C11H17BNO2.C11H17NO2.HI/c1-7(14)15-11-9-2-8-3-10(11)6-13(12,4-8)5-9;1-7(13)14-11-9-2-8-3-10(11)6-12(4-8)5-9;/h8-11H,2-6H2,1H3;8-11H,2-6H2,1H3;1H/q+1;;. The molecule has 0 aromatic carbocycles. The van der Waals surface area contributed by atoms with Crippen LogP contribution in [0.5, 0.6) is 0 Å². The number of rotatable bonds is 2. The molecule has 0 amide bonds. The number of piperidine rings is 6. The maximum absolute atomic E-state index is 11.1. The molecule has 0 aromatic heterocycles. The SMILES string of the molecule is CC(=O)OC1C2CC3CC1CN(C3)C2.I.[B][N+]12CC3CC(C1)C(OC(C)=O)C(C3)C2. The second-order valence-electron chi connectivity index (χ2n) is 10.8. The van der Waals surface area contributed by atoms with E-state index < -0.39 is 0 Å². The van der Waals surface area contributed by atoms with E-state index in [1.54, 1.807) is 0 Å². The number of hydrogen-bond donors (Lipinski definition) is 0. The molecule has 8 bridgehead atoms. The fraction of sp³-hybridized carbons (Fsp3) is 0.909. The Balaban J connectivity index is 0.000000141. The Morgan fingerprint density at radius 2 is 1.23 bits per heavy atom. The van der Waals surface area contributed by atoms with Crippen molar-refractivity contribution in [2.45, 2.75) is 51.7 Å². The van der Waals surface area contributed by atoms with Crippen LogP contribution in [0.25, 0.3) is 0 Å². The van der Waals surface area contributed by atoms with Gasteiger partial charge in [0.25, 0.3) is 0 Å². The fourth-order valence-electron chi connectivity index (χ4n) is 7.92. The third-order valence-electron chi connectivity index (χ3n) is 8.33. The molecule has 6 aliphatic heterocycles. The zero-order valence-corrected chi connectivity index (χ0v) is 20.5. The molecule has 2 radical (unpaired) electrons. The highest BCUT2D eigenvalue weighted by Crippen LogP contribution is 2.47. The molecule has 0 spiro atoms. The lowest BCUT2D eigenvalue weighted by atomic mass is 9.63. The molecule has 8 aliphatic rings. The molecule has 6 saturated heterocycles. The highest BCUT2D eigenvalue weighted by atomic mass is 127. The summed E-state index contributed by atoms with van der Waals surface area (Å²) in [7, 11) is 6.31. The van der Waals surface area contributed by atoms with Crippen LogP contribution in [0.1, 0.15) is 39.5 Å². The van der Waals surface area contributed by atoms with Crippen LogP contribution in [0.4, 0.5) is 0 Å². The number of halogens is 1. The number of carbonyl (C=O) groups excluding carboxylic acids is 2. The van der Waals surface area contributed by atoms with E-state index in [9.17, 15) is 9.59 Å². The number of ether oxygens (including phenoxy) is 2. The molecule has 6 nitrogen and oxygen atoms in total. The summed E-state index contributed by atoms with van der Waals surface area (Å²) in [5.41, 5.74) is 0. The van der Waals surface area contributed by atoms with Crippen LogP contribution in [0.15, 0.2) is 0 Å². The summed E-state index contributed by atoms with van der Waals surface area (Å²) >= 11 is 0. The lowest BCUT2D eigenvalue weighted by molar-refractivity contribution is -0.852. The molecule has 8 heteroatoms. The lowest BCUT2D eigenvalue weighted by Crippen LogP contribution is -2.69. The van der Waals surface area contributed by atoms with E-state index in [1.165, 1.54) is 46.1 Å². The first-order valence-electron chi connectivity index (χ1n) is 11.5. The van der Waals surface area contributed by atoms with Crippen molar-refractivity contribution in [1.29, 1.82) is 0 Å². The van der Waals surface area contributed by atoms with Gasteiger partial charge in [-0.05, 0) is 31.6 Å². The maximum Gasteiger partial charge on any atom is 0.481 e. The third-order valence-corrected chi connectivity index (χ3v) is 8.33. The van der Waals surface area contributed by atoms with Crippen LogP contribution in [0, 0.1) is 35.5 Å². The normalized spacial score (nSPS) is 48.9. The average Bonchev–Trinajstić information content (AvgIpc) is 2.59. The highest BCUT2D eigenvalue weighted by molar-refractivity contribution is 14.0. The molecular weight excluding hydrogens is 494 g/mol. The van der Waals surface area contributed by atoms with Crippen molar-refractivity contribution in [3.8, 4) is 0 Å². The minimum absolute atomic E-state index is 0. The van der Waals surface area contributed by atoms with E-state index in [4.69, 9.17) is 17.5 Å². The van der Waals surface area contributed by atoms with Gasteiger partial charge in [-0.3, -0.25) is 9.59 Å². The van der Waals surface area contributed by atoms with Gasteiger partial charge in [0.1, 0.15) is 12.2 Å². The smallest absolute Gasteiger partial charge is 0.462 e. The van der Waals surface area contributed by atoms with Crippen LogP contribution in [0.2, 0.25) is 0 Å². The van der Waals surface area contributed by atoms with E-state index in [1.807, 2.05) is 0 Å². The minimum atomic E-state index is -0.133. The van der Waals surface area contributed by atoms with E-state index in [-0.39, 0.29) is 48.1 Å². The van der Waals surface area contributed by atoms with E-state index in [0.717, 1.165) is 49.0 Å². The molecule has 8 fully saturated rings. The molecule has 0 aromatic rings. The van der Waals surface area contributed by atoms with Crippen molar-refractivity contribution < 1.29 is 23.5 Å². The molecule has 2 saturated carbocycles. The number of esters is 2. The van der Waals surface area contributed by atoms with Crippen LogP contribution in [-0.2, 0) is 19.1 Å². The number of carbonyl (C=O) groups is 2. The summed E-state index contributed by atoms with van der Waals surface area (Å²) in [5.74, 6) is 3.73. The Morgan fingerprint density at radius 3 is 1.67 bits per heavy atom. The van der Waals surface area contributed by atoms with Crippen molar-refractivity contribution in [1.82, 2.24) is 4.90 Å².